The van der Waals surface area contributed by atoms with Crippen molar-refractivity contribution in [1.29, 1.82) is 0 Å². The van der Waals surface area contributed by atoms with E-state index in [0.29, 0.717) is 11.6 Å². The summed E-state index contributed by atoms with van der Waals surface area (Å²) in [6.07, 6.45) is 1.56. The third kappa shape index (κ3) is 5.42. The van der Waals surface area contributed by atoms with Crippen molar-refractivity contribution in [2.75, 3.05) is 25.5 Å². The molecule has 0 unspecified atom stereocenters. The van der Waals surface area contributed by atoms with E-state index >= 15 is 0 Å². The molecule has 166 valence electrons. The van der Waals surface area contributed by atoms with Crippen molar-refractivity contribution in [2.45, 2.75) is 19.4 Å². The SMILES string of the molecule is COc1cccc(-c2cccc(NC(=O)C3CCN(Cc4cc(Cl)ccc4O)CC3)c2)c1. The maximum atomic E-state index is 12.9. The predicted molar refractivity (Wildman–Crippen MR) is 128 cm³/mol. The molecule has 4 rings (SSSR count). The Morgan fingerprint density at radius 2 is 1.78 bits per heavy atom. The van der Waals surface area contributed by atoms with Gasteiger partial charge in [-0.1, -0.05) is 35.9 Å². The second-order valence-electron chi connectivity index (χ2n) is 8.13. The zero-order chi connectivity index (χ0) is 22.5. The fourth-order valence-corrected chi connectivity index (χ4v) is 4.29. The summed E-state index contributed by atoms with van der Waals surface area (Å²) in [5.74, 6) is 1.08. The molecule has 1 amide bonds. The van der Waals surface area contributed by atoms with E-state index in [1.54, 1.807) is 25.3 Å². The lowest BCUT2D eigenvalue weighted by Crippen LogP contribution is -2.37. The van der Waals surface area contributed by atoms with Crippen LogP contribution in [0.4, 0.5) is 5.69 Å². The zero-order valence-corrected chi connectivity index (χ0v) is 18.8. The number of piperidine rings is 1. The van der Waals surface area contributed by atoms with Crippen molar-refractivity contribution in [2.24, 2.45) is 5.92 Å². The van der Waals surface area contributed by atoms with Crippen LogP contribution >= 0.6 is 11.6 Å². The number of phenols is 1. The van der Waals surface area contributed by atoms with Gasteiger partial charge in [-0.2, -0.15) is 0 Å². The van der Waals surface area contributed by atoms with Crippen molar-refractivity contribution < 1.29 is 14.6 Å². The third-order valence-electron chi connectivity index (χ3n) is 5.93. The molecule has 1 saturated heterocycles. The summed E-state index contributed by atoms with van der Waals surface area (Å²) in [6, 6.07) is 20.8. The highest BCUT2D eigenvalue weighted by Crippen LogP contribution is 2.28. The number of aromatic hydroxyl groups is 1. The summed E-state index contributed by atoms with van der Waals surface area (Å²) >= 11 is 6.05. The maximum absolute atomic E-state index is 12.9. The smallest absolute Gasteiger partial charge is 0.227 e. The number of nitrogens with zero attached hydrogens (tertiary/aromatic N) is 1. The fourth-order valence-electron chi connectivity index (χ4n) is 4.10. The zero-order valence-electron chi connectivity index (χ0n) is 18.1. The first-order valence-electron chi connectivity index (χ1n) is 10.8. The monoisotopic (exact) mass is 450 g/mol. The van der Waals surface area contributed by atoms with Crippen molar-refractivity contribution in [3.05, 3.63) is 77.3 Å². The molecule has 0 spiro atoms. The summed E-state index contributed by atoms with van der Waals surface area (Å²) in [4.78, 5) is 15.1. The van der Waals surface area contributed by atoms with Crippen molar-refractivity contribution in [3.8, 4) is 22.6 Å². The van der Waals surface area contributed by atoms with Crippen LogP contribution in [0.25, 0.3) is 11.1 Å². The molecule has 0 aliphatic carbocycles. The molecule has 1 aliphatic heterocycles. The Morgan fingerprint density at radius 1 is 1.06 bits per heavy atom. The van der Waals surface area contributed by atoms with Crippen LogP contribution in [-0.2, 0) is 11.3 Å². The van der Waals surface area contributed by atoms with E-state index in [-0.39, 0.29) is 17.6 Å². The van der Waals surface area contributed by atoms with Crippen LogP contribution < -0.4 is 10.1 Å². The van der Waals surface area contributed by atoms with Gasteiger partial charge in [0.2, 0.25) is 5.91 Å². The first-order valence-corrected chi connectivity index (χ1v) is 11.1. The highest BCUT2D eigenvalue weighted by molar-refractivity contribution is 6.30. The summed E-state index contributed by atoms with van der Waals surface area (Å²) in [7, 11) is 1.65. The molecule has 1 aliphatic rings. The van der Waals surface area contributed by atoms with Gasteiger partial charge in [0.1, 0.15) is 11.5 Å². The number of benzene rings is 3. The van der Waals surface area contributed by atoms with Crippen molar-refractivity contribution >= 4 is 23.2 Å². The molecule has 6 heteroatoms. The van der Waals surface area contributed by atoms with Crippen molar-refractivity contribution in [1.82, 2.24) is 4.90 Å². The lowest BCUT2D eigenvalue weighted by molar-refractivity contribution is -0.121. The fraction of sp³-hybridized carbons (Fsp3) is 0.269. The van der Waals surface area contributed by atoms with Gasteiger partial charge in [0.25, 0.3) is 0 Å². The molecule has 5 nitrogen and oxygen atoms in total. The number of likely N-dealkylation sites (tertiary alicyclic amines) is 1. The van der Waals surface area contributed by atoms with Gasteiger partial charge >= 0.3 is 0 Å². The molecule has 3 aromatic carbocycles. The molecular formula is C26H27ClN2O3. The van der Waals surface area contributed by atoms with Gasteiger partial charge < -0.3 is 15.2 Å². The largest absolute Gasteiger partial charge is 0.508 e. The van der Waals surface area contributed by atoms with Gasteiger partial charge in [0.05, 0.1) is 7.11 Å². The normalized spacial score (nSPS) is 14.8. The van der Waals surface area contributed by atoms with Gasteiger partial charge in [-0.05, 0) is 79.5 Å². The van der Waals surface area contributed by atoms with E-state index in [2.05, 4.69) is 10.2 Å². The topological polar surface area (TPSA) is 61.8 Å². The van der Waals surface area contributed by atoms with Crippen LogP contribution in [0.15, 0.2) is 66.7 Å². The molecule has 32 heavy (non-hydrogen) atoms. The van der Waals surface area contributed by atoms with E-state index in [1.807, 2.05) is 48.5 Å². The van der Waals surface area contributed by atoms with Crippen LogP contribution in [0.3, 0.4) is 0 Å². The molecule has 3 aromatic rings. The number of ether oxygens (including phenoxy) is 1. The highest BCUT2D eigenvalue weighted by atomic mass is 35.5. The molecule has 0 aromatic heterocycles. The highest BCUT2D eigenvalue weighted by Gasteiger charge is 2.25. The minimum Gasteiger partial charge on any atom is -0.508 e. The van der Waals surface area contributed by atoms with Crippen LogP contribution in [0.1, 0.15) is 18.4 Å². The number of hydrogen-bond donors (Lipinski definition) is 2. The number of carbonyl (C=O) groups excluding carboxylic acids is 1. The Balaban J connectivity index is 1.34. The third-order valence-corrected chi connectivity index (χ3v) is 6.16. The molecule has 1 heterocycles. The van der Waals surface area contributed by atoms with Gasteiger partial charge in [-0.15, -0.1) is 0 Å². The van der Waals surface area contributed by atoms with E-state index in [1.165, 1.54) is 0 Å². The lowest BCUT2D eigenvalue weighted by atomic mass is 9.95. The number of halogens is 1. The minimum absolute atomic E-state index is 0.0281. The average molecular weight is 451 g/mol. The molecule has 1 fully saturated rings. The van der Waals surface area contributed by atoms with Gasteiger partial charge in [-0.25, -0.2) is 0 Å². The number of anilines is 1. The summed E-state index contributed by atoms with van der Waals surface area (Å²) in [5, 5.41) is 13.7. The summed E-state index contributed by atoms with van der Waals surface area (Å²) < 4.78 is 5.31. The van der Waals surface area contributed by atoms with E-state index in [9.17, 15) is 9.90 Å². The lowest BCUT2D eigenvalue weighted by Gasteiger charge is -2.31. The number of nitrogens with one attached hydrogen (secondary N) is 1. The number of amides is 1. The van der Waals surface area contributed by atoms with E-state index < -0.39 is 0 Å². The van der Waals surface area contributed by atoms with Gasteiger partial charge in [0.15, 0.2) is 0 Å². The van der Waals surface area contributed by atoms with Gasteiger partial charge in [-0.3, -0.25) is 9.69 Å². The Morgan fingerprint density at radius 3 is 2.53 bits per heavy atom. The molecule has 0 saturated carbocycles. The number of phenolic OH excluding ortho intramolecular Hbond substituents is 1. The summed E-state index contributed by atoms with van der Waals surface area (Å²) in [6.45, 7) is 2.23. The quantitative estimate of drug-likeness (QED) is 0.515. The van der Waals surface area contributed by atoms with Gasteiger partial charge in [0, 0.05) is 28.7 Å². The van der Waals surface area contributed by atoms with E-state index in [0.717, 1.165) is 54.1 Å². The standard InChI is InChI=1S/C26H27ClN2O3/c1-32-24-7-3-5-20(16-24)19-4-2-6-23(15-19)28-26(31)18-10-12-29(13-11-18)17-21-14-22(27)8-9-25(21)30/h2-9,14-16,18,30H,10-13,17H2,1H3,(H,28,31). The van der Waals surface area contributed by atoms with Crippen LogP contribution in [-0.4, -0.2) is 36.1 Å². The Bertz CT molecular complexity index is 1090. The predicted octanol–water partition coefficient (Wildman–Crippen LogP) is 5.57. The molecule has 2 N–H and O–H groups in total. The second kappa shape index (κ2) is 10.1. The number of methoxy groups -OCH3 is 1. The molecular weight excluding hydrogens is 424 g/mol. The maximum Gasteiger partial charge on any atom is 0.227 e. The van der Waals surface area contributed by atoms with E-state index in [4.69, 9.17) is 16.3 Å². The summed E-state index contributed by atoms with van der Waals surface area (Å²) in [5.41, 5.74) is 3.67. The Labute approximate surface area is 193 Å². The molecule has 0 bridgehead atoms. The average Bonchev–Trinajstić information content (AvgIpc) is 2.82. The molecule has 0 radical (unpaired) electrons. The second-order valence-corrected chi connectivity index (χ2v) is 8.56. The van der Waals surface area contributed by atoms with Crippen LogP contribution in [0.2, 0.25) is 5.02 Å². The van der Waals surface area contributed by atoms with Crippen molar-refractivity contribution in [3.63, 3.8) is 0 Å². The first-order chi connectivity index (χ1) is 15.5. The molecule has 0 atom stereocenters. The number of carbonyl (C=O) groups is 1. The first kappa shape index (κ1) is 22.2. The van der Waals surface area contributed by atoms with Crippen LogP contribution in [0, 0.1) is 5.92 Å². The Hall–Kier alpha value is -3.02. The Kier molecular flexibility index (Phi) is 6.98. The number of hydrogen-bond acceptors (Lipinski definition) is 4. The van der Waals surface area contributed by atoms with Crippen LogP contribution in [0.5, 0.6) is 11.5 Å². The minimum atomic E-state index is -0.0281. The number of rotatable bonds is 6.